The second-order valence-corrected chi connectivity index (χ2v) is 14.4. The molecule has 0 saturated heterocycles. The SMILES string of the molecule is Cc1cc(N(c2cccc(-c3ccccc3)c2)c2cccc(-c3ccccc3)c2)cc(N2c3ccc(C)cc3C3(C)CCCCC23C)c1. The van der Waals surface area contributed by atoms with Gasteiger partial charge in [-0.15, -0.1) is 0 Å². The van der Waals surface area contributed by atoms with Crippen molar-refractivity contribution in [3.63, 3.8) is 0 Å². The van der Waals surface area contributed by atoms with Crippen molar-refractivity contribution < 1.29 is 0 Å². The quantitative estimate of drug-likeness (QED) is 0.182. The van der Waals surface area contributed by atoms with Gasteiger partial charge in [-0.2, -0.15) is 0 Å². The Labute approximate surface area is 286 Å². The molecule has 0 bridgehead atoms. The summed E-state index contributed by atoms with van der Waals surface area (Å²) in [5.74, 6) is 0. The standard InChI is InChI=1S/C46H44N2/c1-33-23-24-44-43(29-33)45(3)25-11-12-26-46(45,4)48(44)42-28-34(2)27-41(32-42)47(39-21-13-19-37(30-39)35-15-7-5-8-16-35)40-22-14-20-38(31-40)36-17-9-6-10-18-36/h5-10,13-24,27-32H,11-12,25-26H2,1-4H3. The molecule has 2 atom stereocenters. The van der Waals surface area contributed by atoms with Crippen molar-refractivity contribution in [1.82, 2.24) is 0 Å². The van der Waals surface area contributed by atoms with Crippen LogP contribution in [0.4, 0.5) is 28.4 Å². The molecule has 1 saturated carbocycles. The molecule has 2 heteroatoms. The summed E-state index contributed by atoms with van der Waals surface area (Å²) < 4.78 is 0. The van der Waals surface area contributed by atoms with Crippen LogP contribution in [-0.2, 0) is 5.41 Å². The van der Waals surface area contributed by atoms with Crippen molar-refractivity contribution in [3.05, 3.63) is 162 Å². The lowest BCUT2D eigenvalue weighted by Crippen LogP contribution is -2.54. The second kappa shape index (κ2) is 11.9. The minimum atomic E-state index is -0.00226. The minimum absolute atomic E-state index is 0.00226. The maximum Gasteiger partial charge on any atom is 0.0517 e. The molecule has 8 rings (SSSR count). The highest BCUT2D eigenvalue weighted by Gasteiger charge is 2.57. The zero-order chi connectivity index (χ0) is 32.9. The summed E-state index contributed by atoms with van der Waals surface area (Å²) in [6.45, 7) is 9.54. The Bertz CT molecular complexity index is 2020. The Kier molecular flexibility index (Phi) is 7.48. The molecular weight excluding hydrogens is 581 g/mol. The first-order chi connectivity index (χ1) is 23.3. The lowest BCUT2D eigenvalue weighted by atomic mass is 9.61. The molecule has 6 aromatic carbocycles. The van der Waals surface area contributed by atoms with Crippen LogP contribution in [0.15, 0.2) is 146 Å². The van der Waals surface area contributed by atoms with E-state index in [4.69, 9.17) is 0 Å². The zero-order valence-electron chi connectivity index (χ0n) is 28.6. The smallest absolute Gasteiger partial charge is 0.0517 e. The molecule has 0 aromatic heterocycles. The number of hydrogen-bond acceptors (Lipinski definition) is 2. The van der Waals surface area contributed by atoms with E-state index >= 15 is 0 Å². The Morgan fingerprint density at radius 3 is 1.71 bits per heavy atom. The number of benzene rings is 6. The highest BCUT2D eigenvalue weighted by molar-refractivity contribution is 5.86. The van der Waals surface area contributed by atoms with Crippen LogP contribution in [0.25, 0.3) is 22.3 Å². The van der Waals surface area contributed by atoms with Crippen molar-refractivity contribution in [1.29, 1.82) is 0 Å². The van der Waals surface area contributed by atoms with Gasteiger partial charge in [-0.3, -0.25) is 0 Å². The predicted octanol–water partition coefficient (Wildman–Crippen LogP) is 12.8. The van der Waals surface area contributed by atoms with Crippen LogP contribution in [0.1, 0.15) is 56.2 Å². The van der Waals surface area contributed by atoms with Crippen LogP contribution in [0.5, 0.6) is 0 Å². The third-order valence-electron chi connectivity index (χ3n) is 11.2. The van der Waals surface area contributed by atoms with Gasteiger partial charge < -0.3 is 9.80 Å². The van der Waals surface area contributed by atoms with E-state index in [1.165, 1.54) is 81.7 Å². The molecule has 2 aliphatic rings. The van der Waals surface area contributed by atoms with Gasteiger partial charge in [-0.05, 0) is 116 Å². The Morgan fingerprint density at radius 2 is 1.08 bits per heavy atom. The fourth-order valence-corrected chi connectivity index (χ4v) is 8.61. The molecule has 2 unspecified atom stereocenters. The van der Waals surface area contributed by atoms with Crippen molar-refractivity contribution in [2.45, 2.75) is 64.3 Å². The van der Waals surface area contributed by atoms with E-state index in [9.17, 15) is 0 Å². The number of nitrogens with zero attached hydrogens (tertiary/aromatic N) is 2. The van der Waals surface area contributed by atoms with Crippen LogP contribution in [0, 0.1) is 13.8 Å². The topological polar surface area (TPSA) is 6.48 Å². The van der Waals surface area contributed by atoms with Gasteiger partial charge in [0, 0.05) is 33.9 Å². The third kappa shape index (κ3) is 5.02. The molecule has 6 aromatic rings. The van der Waals surface area contributed by atoms with Gasteiger partial charge in [0.15, 0.2) is 0 Å². The van der Waals surface area contributed by atoms with Gasteiger partial charge in [-0.1, -0.05) is 122 Å². The third-order valence-corrected chi connectivity index (χ3v) is 11.2. The van der Waals surface area contributed by atoms with Crippen LogP contribution in [0.3, 0.4) is 0 Å². The molecule has 0 spiro atoms. The van der Waals surface area contributed by atoms with Crippen molar-refractivity contribution in [2.24, 2.45) is 0 Å². The molecule has 238 valence electrons. The minimum Gasteiger partial charge on any atom is -0.334 e. The lowest BCUT2D eigenvalue weighted by molar-refractivity contribution is 0.195. The van der Waals surface area contributed by atoms with E-state index in [0.717, 1.165) is 11.4 Å². The number of fused-ring (bicyclic) bond motifs is 3. The molecule has 1 aliphatic heterocycles. The van der Waals surface area contributed by atoms with E-state index in [1.54, 1.807) is 0 Å². The van der Waals surface area contributed by atoms with Crippen LogP contribution < -0.4 is 9.80 Å². The number of hydrogen-bond donors (Lipinski definition) is 0. The molecule has 0 amide bonds. The van der Waals surface area contributed by atoms with E-state index in [-0.39, 0.29) is 11.0 Å². The van der Waals surface area contributed by atoms with Crippen molar-refractivity contribution in [3.8, 4) is 22.3 Å². The van der Waals surface area contributed by atoms with Crippen LogP contribution >= 0.6 is 0 Å². The molecule has 1 fully saturated rings. The van der Waals surface area contributed by atoms with Crippen LogP contribution in [-0.4, -0.2) is 5.54 Å². The highest BCUT2D eigenvalue weighted by Crippen LogP contribution is 2.61. The number of anilines is 5. The first-order valence-electron chi connectivity index (χ1n) is 17.5. The fourth-order valence-electron chi connectivity index (χ4n) is 8.61. The normalized spacial score (nSPS) is 19.9. The van der Waals surface area contributed by atoms with E-state index in [2.05, 4.69) is 183 Å². The Balaban J connectivity index is 1.32. The average Bonchev–Trinajstić information content (AvgIpc) is 3.32. The highest BCUT2D eigenvalue weighted by atomic mass is 15.3. The summed E-state index contributed by atoms with van der Waals surface area (Å²) >= 11 is 0. The Hall–Kier alpha value is -5.08. The average molecular weight is 625 g/mol. The first kappa shape index (κ1) is 30.3. The van der Waals surface area contributed by atoms with Gasteiger partial charge >= 0.3 is 0 Å². The number of aryl methyl sites for hydroxylation is 2. The predicted molar refractivity (Wildman–Crippen MR) is 204 cm³/mol. The van der Waals surface area contributed by atoms with Crippen LogP contribution in [0.2, 0.25) is 0 Å². The molecule has 0 N–H and O–H groups in total. The summed E-state index contributed by atoms with van der Waals surface area (Å²) in [4.78, 5) is 5.15. The molecular formula is C46H44N2. The first-order valence-corrected chi connectivity index (χ1v) is 17.5. The Morgan fingerprint density at radius 1 is 0.500 bits per heavy atom. The van der Waals surface area contributed by atoms with Gasteiger partial charge in [-0.25, -0.2) is 0 Å². The molecule has 0 radical (unpaired) electrons. The van der Waals surface area contributed by atoms with Crippen molar-refractivity contribution >= 4 is 28.4 Å². The summed E-state index contributed by atoms with van der Waals surface area (Å²) in [5, 5.41) is 0. The zero-order valence-corrected chi connectivity index (χ0v) is 28.6. The largest absolute Gasteiger partial charge is 0.334 e. The van der Waals surface area contributed by atoms with Gasteiger partial charge in [0.05, 0.1) is 5.54 Å². The number of rotatable bonds is 6. The van der Waals surface area contributed by atoms with Gasteiger partial charge in [0.25, 0.3) is 0 Å². The molecule has 48 heavy (non-hydrogen) atoms. The molecule has 1 heterocycles. The maximum atomic E-state index is 2.70. The van der Waals surface area contributed by atoms with Crippen molar-refractivity contribution in [2.75, 3.05) is 9.80 Å². The summed E-state index contributed by atoms with van der Waals surface area (Å²) in [5.41, 5.74) is 15.2. The van der Waals surface area contributed by atoms with E-state index in [0.29, 0.717) is 0 Å². The summed E-state index contributed by atoms with van der Waals surface area (Å²) in [6, 6.07) is 53.7. The van der Waals surface area contributed by atoms with Gasteiger partial charge in [0.2, 0.25) is 0 Å². The summed E-state index contributed by atoms with van der Waals surface area (Å²) in [7, 11) is 0. The summed E-state index contributed by atoms with van der Waals surface area (Å²) in [6.07, 6.45) is 4.96. The molecule has 1 aliphatic carbocycles. The second-order valence-electron chi connectivity index (χ2n) is 14.4. The van der Waals surface area contributed by atoms with E-state index in [1.807, 2.05) is 0 Å². The monoisotopic (exact) mass is 624 g/mol. The lowest BCUT2D eigenvalue weighted by Gasteiger charge is -2.50. The molecule has 2 nitrogen and oxygen atoms in total. The van der Waals surface area contributed by atoms with E-state index < -0.39 is 0 Å². The fraction of sp³-hybridized carbons (Fsp3) is 0.217. The van der Waals surface area contributed by atoms with Gasteiger partial charge in [0.1, 0.15) is 0 Å². The maximum absolute atomic E-state index is 2.70.